The Morgan fingerprint density at radius 1 is 0.955 bits per heavy atom. The summed E-state index contributed by atoms with van der Waals surface area (Å²) >= 11 is -0.294. The van der Waals surface area contributed by atoms with Crippen molar-refractivity contribution in [3.8, 4) is 0 Å². The van der Waals surface area contributed by atoms with Crippen molar-refractivity contribution in [3.05, 3.63) is 59.7 Å². The van der Waals surface area contributed by atoms with Crippen LogP contribution in [0.25, 0.3) is 0 Å². The fourth-order valence-electron chi connectivity index (χ4n) is 1.59. The molecule has 0 spiro atoms. The number of benzene rings is 2. The van der Waals surface area contributed by atoms with Crippen molar-refractivity contribution < 1.29 is 26.7 Å². The quantitative estimate of drug-likeness (QED) is 0.644. The molecule has 2 rings (SSSR count). The zero-order valence-corrected chi connectivity index (χ0v) is 11.6. The van der Waals surface area contributed by atoms with Gasteiger partial charge in [0.1, 0.15) is 0 Å². The lowest BCUT2D eigenvalue weighted by Crippen LogP contribution is -2.12. The number of nitrogens with one attached hydrogen (secondary N) is 1. The van der Waals surface area contributed by atoms with Crippen LogP contribution in [0.5, 0.6) is 0 Å². The first kappa shape index (κ1) is 16.3. The summed E-state index contributed by atoms with van der Waals surface area (Å²) in [6, 6.07) is 7.56. The molecule has 0 aliphatic heterocycles. The Hall–Kier alpha value is -2.09. The third-order valence-electron chi connectivity index (χ3n) is 2.53. The van der Waals surface area contributed by atoms with Crippen LogP contribution in [0.2, 0.25) is 0 Å². The summed E-state index contributed by atoms with van der Waals surface area (Å²) in [7, 11) is 0. The summed E-state index contributed by atoms with van der Waals surface area (Å²) in [6.45, 7) is 0. The van der Waals surface area contributed by atoms with E-state index in [4.69, 9.17) is 0 Å². The molecule has 1 N–H and O–H groups in total. The first-order chi connectivity index (χ1) is 10.2. The van der Waals surface area contributed by atoms with Crippen LogP contribution in [0.1, 0.15) is 10.4 Å². The molecule has 0 unspecified atom stereocenters. The van der Waals surface area contributed by atoms with Gasteiger partial charge in [0.2, 0.25) is 0 Å². The average molecular weight is 333 g/mol. The largest absolute Gasteiger partial charge is 0.446 e. The Morgan fingerprint density at radius 3 is 2.14 bits per heavy atom. The summed E-state index contributed by atoms with van der Waals surface area (Å²) in [6.07, 6.45) is 0. The zero-order chi connectivity index (χ0) is 16.3. The normalized spacial score (nSPS) is 11.3. The maximum atomic E-state index is 13.0. The van der Waals surface area contributed by atoms with Crippen LogP contribution in [0.3, 0.4) is 0 Å². The van der Waals surface area contributed by atoms with E-state index in [0.717, 1.165) is 24.3 Å². The van der Waals surface area contributed by atoms with E-state index in [-0.39, 0.29) is 27.9 Å². The van der Waals surface area contributed by atoms with Crippen LogP contribution >= 0.6 is 11.8 Å². The minimum Gasteiger partial charge on any atom is -0.322 e. The number of thioether (sulfide) groups is 1. The minimum atomic E-state index is -4.41. The van der Waals surface area contributed by atoms with E-state index in [2.05, 4.69) is 5.32 Å². The standard InChI is InChI=1S/C14H8F5NOS/c15-11-6-3-9(7-12(11)16)20-13(21)8-1-4-10(5-2-8)22-14(17,18)19/h1-7H,(H,20,21). The lowest BCUT2D eigenvalue weighted by atomic mass is 10.2. The molecule has 0 saturated heterocycles. The van der Waals surface area contributed by atoms with Crippen molar-refractivity contribution in [1.29, 1.82) is 0 Å². The summed E-state index contributed by atoms with van der Waals surface area (Å²) in [5.74, 6) is -2.81. The Labute approximate surface area is 126 Å². The van der Waals surface area contributed by atoms with Gasteiger partial charge in [-0.2, -0.15) is 13.2 Å². The number of halogens is 5. The molecule has 0 radical (unpaired) electrons. The van der Waals surface area contributed by atoms with E-state index in [0.29, 0.717) is 0 Å². The van der Waals surface area contributed by atoms with Crippen molar-refractivity contribution in [2.75, 3.05) is 5.32 Å². The van der Waals surface area contributed by atoms with Gasteiger partial charge < -0.3 is 5.32 Å². The van der Waals surface area contributed by atoms with Gasteiger partial charge in [-0.25, -0.2) is 8.78 Å². The third-order valence-corrected chi connectivity index (χ3v) is 3.27. The van der Waals surface area contributed by atoms with E-state index < -0.39 is 23.0 Å². The molecule has 0 aromatic heterocycles. The number of amides is 1. The molecular formula is C14H8F5NOS. The van der Waals surface area contributed by atoms with E-state index in [9.17, 15) is 26.7 Å². The topological polar surface area (TPSA) is 29.1 Å². The molecule has 0 atom stereocenters. The Balaban J connectivity index is 2.08. The maximum absolute atomic E-state index is 13.0. The molecule has 8 heteroatoms. The predicted octanol–water partition coefficient (Wildman–Crippen LogP) is 4.83. The highest BCUT2D eigenvalue weighted by Crippen LogP contribution is 2.36. The molecule has 2 aromatic rings. The molecule has 0 heterocycles. The number of carbonyl (C=O) groups excluding carboxylic acids is 1. The van der Waals surface area contributed by atoms with Gasteiger partial charge in [0, 0.05) is 22.2 Å². The molecule has 2 nitrogen and oxygen atoms in total. The lowest BCUT2D eigenvalue weighted by Gasteiger charge is -2.08. The predicted molar refractivity (Wildman–Crippen MR) is 72.7 cm³/mol. The van der Waals surface area contributed by atoms with Gasteiger partial charge in [-0.3, -0.25) is 4.79 Å². The van der Waals surface area contributed by atoms with Crippen molar-refractivity contribution >= 4 is 23.4 Å². The Morgan fingerprint density at radius 2 is 1.59 bits per heavy atom. The summed E-state index contributed by atoms with van der Waals surface area (Å²) in [5.41, 5.74) is -4.27. The molecule has 1 amide bonds. The monoisotopic (exact) mass is 333 g/mol. The minimum absolute atomic E-state index is 0.0395. The number of hydrogen-bond donors (Lipinski definition) is 1. The van der Waals surface area contributed by atoms with Crippen molar-refractivity contribution in [2.24, 2.45) is 0 Å². The van der Waals surface area contributed by atoms with Gasteiger partial charge in [-0.15, -0.1) is 0 Å². The molecule has 116 valence electrons. The van der Waals surface area contributed by atoms with Gasteiger partial charge in [-0.05, 0) is 48.2 Å². The van der Waals surface area contributed by atoms with E-state index >= 15 is 0 Å². The highest BCUT2D eigenvalue weighted by atomic mass is 32.2. The van der Waals surface area contributed by atoms with Crippen LogP contribution in [0.4, 0.5) is 27.6 Å². The van der Waals surface area contributed by atoms with Gasteiger partial charge in [-0.1, -0.05) is 0 Å². The molecule has 2 aromatic carbocycles. The van der Waals surface area contributed by atoms with Gasteiger partial charge in [0.05, 0.1) is 0 Å². The second-order valence-corrected chi connectivity index (χ2v) is 5.29. The van der Waals surface area contributed by atoms with E-state index in [1.165, 1.54) is 18.2 Å². The van der Waals surface area contributed by atoms with Crippen LogP contribution < -0.4 is 5.32 Å². The van der Waals surface area contributed by atoms with Crippen molar-refractivity contribution in [1.82, 2.24) is 0 Å². The van der Waals surface area contributed by atoms with E-state index in [1.54, 1.807) is 0 Å². The number of rotatable bonds is 3. The SMILES string of the molecule is O=C(Nc1ccc(F)c(F)c1)c1ccc(SC(F)(F)F)cc1. The van der Waals surface area contributed by atoms with Gasteiger partial charge >= 0.3 is 5.51 Å². The molecule has 0 aliphatic carbocycles. The highest BCUT2D eigenvalue weighted by molar-refractivity contribution is 8.00. The molecule has 22 heavy (non-hydrogen) atoms. The molecular weight excluding hydrogens is 325 g/mol. The van der Waals surface area contributed by atoms with Crippen LogP contribution in [-0.2, 0) is 0 Å². The summed E-state index contributed by atoms with van der Waals surface area (Å²) < 4.78 is 62.3. The maximum Gasteiger partial charge on any atom is 0.446 e. The Kier molecular flexibility index (Phi) is 4.70. The lowest BCUT2D eigenvalue weighted by molar-refractivity contribution is -0.0328. The summed E-state index contributed by atoms with van der Waals surface area (Å²) in [4.78, 5) is 11.8. The average Bonchev–Trinajstić information content (AvgIpc) is 2.42. The molecule has 0 aliphatic rings. The Bertz CT molecular complexity index is 685. The van der Waals surface area contributed by atoms with Gasteiger partial charge in [0.25, 0.3) is 5.91 Å². The van der Waals surface area contributed by atoms with Crippen molar-refractivity contribution in [3.63, 3.8) is 0 Å². The summed E-state index contributed by atoms with van der Waals surface area (Å²) in [5, 5.41) is 2.32. The number of carbonyl (C=O) groups is 1. The van der Waals surface area contributed by atoms with Crippen molar-refractivity contribution in [2.45, 2.75) is 10.4 Å². The van der Waals surface area contributed by atoms with Crippen LogP contribution in [-0.4, -0.2) is 11.4 Å². The molecule has 0 saturated carbocycles. The smallest absolute Gasteiger partial charge is 0.322 e. The second kappa shape index (κ2) is 6.35. The van der Waals surface area contributed by atoms with E-state index in [1.807, 2.05) is 0 Å². The fraction of sp³-hybridized carbons (Fsp3) is 0.0714. The van der Waals surface area contributed by atoms with Crippen LogP contribution in [0.15, 0.2) is 47.4 Å². The fourth-order valence-corrected chi connectivity index (χ4v) is 2.12. The number of anilines is 1. The second-order valence-electron chi connectivity index (χ2n) is 4.16. The number of alkyl halides is 3. The highest BCUT2D eigenvalue weighted by Gasteiger charge is 2.29. The first-order valence-corrected chi connectivity index (χ1v) is 6.68. The van der Waals surface area contributed by atoms with Gasteiger partial charge in [0.15, 0.2) is 11.6 Å². The first-order valence-electron chi connectivity index (χ1n) is 5.87. The zero-order valence-electron chi connectivity index (χ0n) is 10.7. The molecule has 0 bridgehead atoms. The number of hydrogen-bond acceptors (Lipinski definition) is 2. The van der Waals surface area contributed by atoms with Crippen LogP contribution in [0, 0.1) is 11.6 Å². The third kappa shape index (κ3) is 4.45. The molecule has 0 fully saturated rings.